The summed E-state index contributed by atoms with van der Waals surface area (Å²) in [6.45, 7) is 5.90. The van der Waals surface area contributed by atoms with Crippen LogP contribution in [-0.4, -0.2) is 19.1 Å². The Morgan fingerprint density at radius 1 is 0.654 bits per heavy atom. The molecule has 0 radical (unpaired) electrons. The largest absolute Gasteiger partial charge is 0.328 e. The molecule has 2 amide bonds. The minimum absolute atomic E-state index is 0.0783. The van der Waals surface area contributed by atoms with E-state index >= 15 is 0 Å². The van der Waals surface area contributed by atoms with Crippen molar-refractivity contribution in [2.45, 2.75) is 52.4 Å². The van der Waals surface area contributed by atoms with Crippen molar-refractivity contribution in [3.63, 3.8) is 0 Å². The van der Waals surface area contributed by atoms with Crippen LogP contribution in [0, 0.1) is 0 Å². The zero-order chi connectivity index (χ0) is 18.6. The van der Waals surface area contributed by atoms with Crippen LogP contribution in [0.1, 0.15) is 52.4 Å². The fraction of sp³-hybridized carbons (Fsp3) is 0.435. The van der Waals surface area contributed by atoms with E-state index in [1.807, 2.05) is 70.5 Å². The van der Waals surface area contributed by atoms with Crippen LogP contribution in [0.3, 0.4) is 0 Å². The quantitative estimate of drug-likeness (QED) is 0.448. The van der Waals surface area contributed by atoms with Gasteiger partial charge in [-0.25, -0.2) is 4.79 Å². The fourth-order valence-electron chi connectivity index (χ4n) is 3.07. The number of hydrogen-bond acceptors (Lipinski definition) is 1. The van der Waals surface area contributed by atoms with E-state index in [4.69, 9.17) is 0 Å². The number of benzene rings is 2. The maximum atomic E-state index is 13.5. The summed E-state index contributed by atoms with van der Waals surface area (Å²) in [4.78, 5) is 17.4. The van der Waals surface area contributed by atoms with Gasteiger partial charge in [0.2, 0.25) is 0 Å². The lowest BCUT2D eigenvalue weighted by Gasteiger charge is -2.31. The van der Waals surface area contributed by atoms with E-state index < -0.39 is 0 Å². The number of carbonyl (C=O) groups is 1. The molecule has 0 N–H and O–H groups in total. The van der Waals surface area contributed by atoms with Crippen molar-refractivity contribution in [3.8, 4) is 0 Å². The van der Waals surface area contributed by atoms with Gasteiger partial charge in [0.1, 0.15) is 0 Å². The zero-order valence-electron chi connectivity index (χ0n) is 16.2. The maximum absolute atomic E-state index is 13.5. The minimum Gasteiger partial charge on any atom is -0.294 e. The molecule has 2 aromatic rings. The highest BCUT2D eigenvalue weighted by atomic mass is 16.2. The van der Waals surface area contributed by atoms with Crippen molar-refractivity contribution in [1.82, 2.24) is 0 Å². The van der Waals surface area contributed by atoms with Gasteiger partial charge in [0.15, 0.2) is 0 Å². The molecule has 0 unspecified atom stereocenters. The number of unbranched alkanes of at least 4 members (excludes halogenated alkanes) is 4. The Bertz CT molecular complexity index is 572. The van der Waals surface area contributed by atoms with E-state index in [9.17, 15) is 4.79 Å². The molecule has 0 spiro atoms. The number of para-hydroxylation sites is 2. The third-order valence-electron chi connectivity index (χ3n) is 4.57. The standard InChI is InChI=1S/C23H32N2O/c1-3-5-13-19-24(21-15-9-7-10-16-21)23(26)25(20-14-6-4-2)22-17-11-8-12-18-22/h7-12,15-18H,3-6,13-14,19-20H2,1-2H3. The third-order valence-corrected chi connectivity index (χ3v) is 4.57. The lowest BCUT2D eigenvalue weighted by atomic mass is 10.2. The Morgan fingerprint density at radius 2 is 1.04 bits per heavy atom. The number of anilines is 2. The van der Waals surface area contributed by atoms with Gasteiger partial charge in [-0.05, 0) is 37.1 Å². The molecule has 0 heterocycles. The minimum atomic E-state index is 0.0783. The molecule has 26 heavy (non-hydrogen) atoms. The summed E-state index contributed by atoms with van der Waals surface area (Å²) in [7, 11) is 0. The van der Waals surface area contributed by atoms with Gasteiger partial charge in [-0.1, -0.05) is 75.9 Å². The van der Waals surface area contributed by atoms with E-state index in [0.717, 1.165) is 63.0 Å². The molecule has 2 rings (SSSR count). The van der Waals surface area contributed by atoms with Crippen LogP contribution in [0.5, 0.6) is 0 Å². The van der Waals surface area contributed by atoms with E-state index in [1.54, 1.807) is 0 Å². The summed E-state index contributed by atoms with van der Waals surface area (Å²) < 4.78 is 0. The van der Waals surface area contributed by atoms with Gasteiger partial charge in [-0.3, -0.25) is 9.80 Å². The van der Waals surface area contributed by atoms with E-state index in [0.29, 0.717) is 0 Å². The molecule has 0 fully saturated rings. The number of nitrogens with zero attached hydrogens (tertiary/aromatic N) is 2. The maximum Gasteiger partial charge on any atom is 0.328 e. The number of rotatable bonds is 10. The van der Waals surface area contributed by atoms with Crippen LogP contribution in [-0.2, 0) is 0 Å². The number of carbonyl (C=O) groups excluding carboxylic acids is 1. The molecule has 0 saturated heterocycles. The second kappa shape index (κ2) is 11.3. The molecular weight excluding hydrogens is 320 g/mol. The Morgan fingerprint density at radius 3 is 1.38 bits per heavy atom. The van der Waals surface area contributed by atoms with Gasteiger partial charge in [0.25, 0.3) is 0 Å². The molecule has 140 valence electrons. The van der Waals surface area contributed by atoms with Crippen molar-refractivity contribution in [3.05, 3.63) is 60.7 Å². The molecular formula is C23H32N2O. The SMILES string of the molecule is CCCCCN(C(=O)N(CCCCC)c1ccccc1)c1ccccc1. The number of urea groups is 1. The van der Waals surface area contributed by atoms with Crippen molar-refractivity contribution in [2.24, 2.45) is 0 Å². The zero-order valence-corrected chi connectivity index (χ0v) is 16.2. The summed E-state index contributed by atoms with van der Waals surface area (Å²) in [6, 6.07) is 20.2. The van der Waals surface area contributed by atoms with Crippen LogP contribution in [0.25, 0.3) is 0 Å². The van der Waals surface area contributed by atoms with Crippen LogP contribution in [0.15, 0.2) is 60.7 Å². The fourth-order valence-corrected chi connectivity index (χ4v) is 3.07. The Kier molecular flexibility index (Phi) is 8.74. The molecule has 3 nitrogen and oxygen atoms in total. The summed E-state index contributed by atoms with van der Waals surface area (Å²) in [5, 5.41) is 0. The third kappa shape index (κ3) is 5.91. The average Bonchev–Trinajstić information content (AvgIpc) is 2.70. The van der Waals surface area contributed by atoms with Crippen LogP contribution < -0.4 is 9.80 Å². The van der Waals surface area contributed by atoms with Crippen molar-refractivity contribution in [1.29, 1.82) is 0 Å². The first kappa shape index (κ1) is 20.0. The summed E-state index contributed by atoms with van der Waals surface area (Å²) in [5.41, 5.74) is 1.95. The smallest absolute Gasteiger partial charge is 0.294 e. The number of hydrogen-bond donors (Lipinski definition) is 0. The molecule has 0 aliphatic heterocycles. The van der Waals surface area contributed by atoms with E-state index in [1.165, 1.54) is 0 Å². The van der Waals surface area contributed by atoms with Crippen molar-refractivity contribution in [2.75, 3.05) is 22.9 Å². The van der Waals surface area contributed by atoms with Gasteiger partial charge in [0.05, 0.1) is 0 Å². The lowest BCUT2D eigenvalue weighted by Crippen LogP contribution is -2.44. The Labute approximate surface area is 158 Å². The first-order valence-corrected chi connectivity index (χ1v) is 9.97. The molecule has 3 heteroatoms. The van der Waals surface area contributed by atoms with Gasteiger partial charge >= 0.3 is 6.03 Å². The molecule has 2 aromatic carbocycles. The molecule has 0 saturated carbocycles. The van der Waals surface area contributed by atoms with Crippen LogP contribution >= 0.6 is 0 Å². The lowest BCUT2D eigenvalue weighted by molar-refractivity contribution is 0.251. The van der Waals surface area contributed by atoms with Gasteiger partial charge in [0, 0.05) is 24.5 Å². The van der Waals surface area contributed by atoms with Gasteiger partial charge in [-0.2, -0.15) is 0 Å². The Balaban J connectivity index is 2.24. The van der Waals surface area contributed by atoms with Gasteiger partial charge < -0.3 is 0 Å². The average molecular weight is 353 g/mol. The predicted octanol–water partition coefficient (Wildman–Crippen LogP) is 6.50. The highest BCUT2D eigenvalue weighted by Crippen LogP contribution is 2.22. The first-order chi connectivity index (χ1) is 12.8. The first-order valence-electron chi connectivity index (χ1n) is 9.97. The summed E-state index contributed by atoms with van der Waals surface area (Å²) >= 11 is 0. The van der Waals surface area contributed by atoms with Crippen molar-refractivity contribution >= 4 is 17.4 Å². The molecule has 0 bridgehead atoms. The van der Waals surface area contributed by atoms with Crippen molar-refractivity contribution < 1.29 is 4.79 Å². The Hall–Kier alpha value is -2.29. The summed E-state index contributed by atoms with van der Waals surface area (Å²) in [6.07, 6.45) is 6.62. The molecule has 0 aliphatic rings. The highest BCUT2D eigenvalue weighted by Gasteiger charge is 2.23. The predicted molar refractivity (Wildman–Crippen MR) is 112 cm³/mol. The molecule has 0 atom stereocenters. The normalized spacial score (nSPS) is 10.5. The van der Waals surface area contributed by atoms with E-state index in [2.05, 4.69) is 13.8 Å². The monoisotopic (exact) mass is 352 g/mol. The van der Waals surface area contributed by atoms with E-state index in [-0.39, 0.29) is 6.03 Å². The molecule has 0 aliphatic carbocycles. The topological polar surface area (TPSA) is 23.6 Å². The summed E-state index contributed by atoms with van der Waals surface area (Å²) in [5.74, 6) is 0. The second-order valence-electron chi connectivity index (χ2n) is 6.67. The highest BCUT2D eigenvalue weighted by molar-refractivity contribution is 6.03. The van der Waals surface area contributed by atoms with Gasteiger partial charge in [-0.15, -0.1) is 0 Å². The van der Waals surface area contributed by atoms with Crippen LogP contribution in [0.4, 0.5) is 16.2 Å². The molecule has 0 aromatic heterocycles. The second-order valence-corrected chi connectivity index (χ2v) is 6.67. The van der Waals surface area contributed by atoms with Crippen LogP contribution in [0.2, 0.25) is 0 Å². The number of amides is 2.